The van der Waals surface area contributed by atoms with Crippen molar-refractivity contribution in [1.82, 2.24) is 9.36 Å². The molecular formula is C11H12N2OS2. The molecule has 1 aromatic heterocycles. The zero-order valence-corrected chi connectivity index (χ0v) is 10.7. The summed E-state index contributed by atoms with van der Waals surface area (Å²) in [4.78, 5) is 5.33. The van der Waals surface area contributed by atoms with Gasteiger partial charge in [-0.1, -0.05) is 30.0 Å². The lowest BCUT2D eigenvalue weighted by Crippen LogP contribution is -1.93. The average molecular weight is 252 g/mol. The van der Waals surface area contributed by atoms with E-state index >= 15 is 0 Å². The number of aromatic nitrogens is 2. The van der Waals surface area contributed by atoms with Crippen LogP contribution in [0.5, 0.6) is 0 Å². The molecule has 0 saturated heterocycles. The molecule has 0 aliphatic carbocycles. The van der Waals surface area contributed by atoms with Crippen molar-refractivity contribution in [2.45, 2.75) is 29.2 Å². The third kappa shape index (κ3) is 2.61. The molecule has 0 unspecified atom stereocenters. The Labute approximate surface area is 103 Å². The highest BCUT2D eigenvalue weighted by Gasteiger charge is 2.10. The van der Waals surface area contributed by atoms with E-state index in [1.807, 2.05) is 31.2 Å². The number of benzene rings is 1. The maximum atomic E-state index is 9.64. The smallest absolute Gasteiger partial charge is 0.174 e. The minimum absolute atomic E-state index is 0.460. The second kappa shape index (κ2) is 4.95. The Balaban J connectivity index is 2.27. The van der Waals surface area contributed by atoms with Crippen LogP contribution in [0, 0.1) is 6.92 Å². The lowest BCUT2D eigenvalue weighted by molar-refractivity contribution is 0.196. The summed E-state index contributed by atoms with van der Waals surface area (Å²) in [5, 5.41) is 9.64. The van der Waals surface area contributed by atoms with Gasteiger partial charge in [0.1, 0.15) is 5.82 Å². The van der Waals surface area contributed by atoms with Gasteiger partial charge in [0.2, 0.25) is 0 Å². The van der Waals surface area contributed by atoms with Crippen LogP contribution in [0.25, 0.3) is 0 Å². The molecule has 1 atom stereocenters. The quantitative estimate of drug-likeness (QED) is 0.912. The summed E-state index contributed by atoms with van der Waals surface area (Å²) < 4.78 is 5.04. The molecule has 5 heteroatoms. The molecule has 16 heavy (non-hydrogen) atoms. The summed E-state index contributed by atoms with van der Waals surface area (Å²) in [5.74, 6) is 0.794. The Morgan fingerprint density at radius 1 is 1.38 bits per heavy atom. The molecule has 0 aliphatic heterocycles. The Morgan fingerprint density at radius 3 is 2.75 bits per heavy atom. The maximum absolute atomic E-state index is 9.64. The second-order valence-electron chi connectivity index (χ2n) is 3.42. The molecule has 3 nitrogen and oxygen atoms in total. The van der Waals surface area contributed by atoms with Gasteiger partial charge in [0.15, 0.2) is 4.34 Å². The zero-order valence-electron chi connectivity index (χ0n) is 9.04. The average Bonchev–Trinajstić information content (AvgIpc) is 2.64. The number of hydrogen-bond acceptors (Lipinski definition) is 5. The molecule has 1 aromatic carbocycles. The van der Waals surface area contributed by atoms with E-state index in [9.17, 15) is 5.11 Å². The van der Waals surface area contributed by atoms with Gasteiger partial charge in [0.25, 0.3) is 0 Å². The van der Waals surface area contributed by atoms with Crippen LogP contribution < -0.4 is 0 Å². The highest BCUT2D eigenvalue weighted by atomic mass is 32.2. The fourth-order valence-electron chi connectivity index (χ4n) is 1.33. The standard InChI is InChI=1S/C11H12N2OS2/c1-7(14)9-5-3-4-6-10(9)15-11-12-8(2)13-16-11/h3-7,14H,1-2H3/t7-/m1/s1. The minimum Gasteiger partial charge on any atom is -0.389 e. The zero-order chi connectivity index (χ0) is 11.5. The highest BCUT2D eigenvalue weighted by Crippen LogP contribution is 2.33. The Bertz CT molecular complexity index is 482. The molecular weight excluding hydrogens is 240 g/mol. The van der Waals surface area contributed by atoms with E-state index in [4.69, 9.17) is 0 Å². The summed E-state index contributed by atoms with van der Waals surface area (Å²) in [6.45, 7) is 3.64. The van der Waals surface area contributed by atoms with Gasteiger partial charge in [0, 0.05) is 4.90 Å². The molecule has 0 spiro atoms. The van der Waals surface area contributed by atoms with Crippen molar-refractivity contribution < 1.29 is 5.11 Å². The van der Waals surface area contributed by atoms with Gasteiger partial charge in [-0.2, -0.15) is 4.37 Å². The minimum atomic E-state index is -0.460. The summed E-state index contributed by atoms with van der Waals surface area (Å²) in [6, 6.07) is 7.81. The molecule has 0 aliphatic rings. The fraction of sp³-hybridized carbons (Fsp3) is 0.273. The number of hydrogen-bond donors (Lipinski definition) is 1. The van der Waals surface area contributed by atoms with Crippen LogP contribution in [0.3, 0.4) is 0 Å². The number of aliphatic hydroxyl groups is 1. The molecule has 0 fully saturated rings. The van der Waals surface area contributed by atoms with Crippen molar-refractivity contribution >= 4 is 23.3 Å². The van der Waals surface area contributed by atoms with Crippen molar-refractivity contribution in [3.05, 3.63) is 35.7 Å². The molecule has 1 heterocycles. The predicted molar refractivity (Wildman–Crippen MR) is 65.8 cm³/mol. The van der Waals surface area contributed by atoms with Crippen LogP contribution >= 0.6 is 23.3 Å². The topological polar surface area (TPSA) is 46.0 Å². The second-order valence-corrected chi connectivity index (χ2v) is 5.46. The van der Waals surface area contributed by atoms with E-state index in [0.29, 0.717) is 0 Å². The maximum Gasteiger partial charge on any atom is 0.174 e. The molecule has 2 aromatic rings. The lowest BCUT2D eigenvalue weighted by atomic mass is 10.1. The van der Waals surface area contributed by atoms with Gasteiger partial charge in [-0.3, -0.25) is 0 Å². The Kier molecular flexibility index (Phi) is 3.58. The first-order chi connectivity index (χ1) is 7.66. The third-order valence-electron chi connectivity index (χ3n) is 2.08. The van der Waals surface area contributed by atoms with Crippen LogP contribution in [0.15, 0.2) is 33.5 Å². The van der Waals surface area contributed by atoms with E-state index in [1.54, 1.807) is 18.7 Å². The number of aryl methyl sites for hydroxylation is 1. The lowest BCUT2D eigenvalue weighted by Gasteiger charge is -2.09. The molecule has 1 N–H and O–H groups in total. The van der Waals surface area contributed by atoms with Crippen molar-refractivity contribution in [2.24, 2.45) is 0 Å². The van der Waals surface area contributed by atoms with E-state index in [-0.39, 0.29) is 0 Å². The van der Waals surface area contributed by atoms with Gasteiger partial charge in [-0.15, -0.1) is 0 Å². The van der Waals surface area contributed by atoms with E-state index in [1.165, 1.54) is 11.5 Å². The molecule has 0 amide bonds. The van der Waals surface area contributed by atoms with Crippen LogP contribution in [0.4, 0.5) is 0 Å². The van der Waals surface area contributed by atoms with Crippen LogP contribution in [-0.2, 0) is 0 Å². The van der Waals surface area contributed by atoms with E-state index in [0.717, 1.165) is 20.6 Å². The van der Waals surface area contributed by atoms with Crippen LogP contribution in [-0.4, -0.2) is 14.5 Å². The Morgan fingerprint density at radius 2 is 2.12 bits per heavy atom. The molecule has 0 radical (unpaired) electrons. The first-order valence-corrected chi connectivity index (χ1v) is 6.51. The summed E-state index contributed by atoms with van der Waals surface area (Å²) in [6.07, 6.45) is -0.460. The third-order valence-corrected chi connectivity index (χ3v) is 4.01. The molecule has 84 valence electrons. The summed E-state index contributed by atoms with van der Waals surface area (Å²) >= 11 is 2.93. The van der Waals surface area contributed by atoms with Crippen LogP contribution in [0.2, 0.25) is 0 Å². The molecule has 2 rings (SSSR count). The highest BCUT2D eigenvalue weighted by molar-refractivity contribution is 8.01. The number of aliphatic hydroxyl groups excluding tert-OH is 1. The van der Waals surface area contributed by atoms with E-state index in [2.05, 4.69) is 9.36 Å². The van der Waals surface area contributed by atoms with Crippen molar-refractivity contribution in [3.8, 4) is 0 Å². The van der Waals surface area contributed by atoms with Crippen molar-refractivity contribution in [3.63, 3.8) is 0 Å². The molecule has 0 saturated carbocycles. The predicted octanol–water partition coefficient (Wildman–Crippen LogP) is 3.05. The SMILES string of the molecule is Cc1nsc(Sc2ccccc2[C@@H](C)O)n1. The van der Waals surface area contributed by atoms with Crippen molar-refractivity contribution in [2.75, 3.05) is 0 Å². The van der Waals surface area contributed by atoms with Crippen LogP contribution in [0.1, 0.15) is 24.4 Å². The Hall–Kier alpha value is -0.910. The number of nitrogens with zero attached hydrogens (tertiary/aromatic N) is 2. The van der Waals surface area contributed by atoms with Crippen molar-refractivity contribution in [1.29, 1.82) is 0 Å². The van der Waals surface area contributed by atoms with Gasteiger partial charge in [0.05, 0.1) is 6.10 Å². The largest absolute Gasteiger partial charge is 0.389 e. The van der Waals surface area contributed by atoms with Gasteiger partial charge in [-0.05, 0) is 37.0 Å². The monoisotopic (exact) mass is 252 g/mol. The first-order valence-electron chi connectivity index (χ1n) is 4.92. The van der Waals surface area contributed by atoms with Gasteiger partial charge >= 0.3 is 0 Å². The summed E-state index contributed by atoms with van der Waals surface area (Å²) in [7, 11) is 0. The summed E-state index contributed by atoms with van der Waals surface area (Å²) in [5.41, 5.74) is 0.931. The fourth-order valence-corrected chi connectivity index (χ4v) is 3.16. The van der Waals surface area contributed by atoms with Gasteiger partial charge < -0.3 is 5.11 Å². The van der Waals surface area contributed by atoms with E-state index < -0.39 is 6.10 Å². The normalized spacial score (nSPS) is 12.7. The first kappa shape index (κ1) is 11.6. The number of rotatable bonds is 3. The van der Waals surface area contributed by atoms with Gasteiger partial charge in [-0.25, -0.2) is 4.98 Å². The molecule has 0 bridgehead atoms.